The van der Waals surface area contributed by atoms with Gasteiger partial charge in [-0.25, -0.2) is 4.79 Å². The van der Waals surface area contributed by atoms with Crippen LogP contribution in [0.25, 0.3) is 0 Å². The minimum absolute atomic E-state index is 0.194. The Morgan fingerprint density at radius 3 is 2.37 bits per heavy atom. The normalized spacial score (nSPS) is 10.8. The Labute approximate surface area is 109 Å². The molecule has 0 saturated heterocycles. The zero-order chi connectivity index (χ0) is 13.8. The Hall–Kier alpha value is -2.69. The van der Waals surface area contributed by atoms with Crippen LogP contribution in [0.4, 0.5) is 11.4 Å². The molecule has 2 aromatic rings. The van der Waals surface area contributed by atoms with Crippen LogP contribution in [0, 0.1) is 6.92 Å². The van der Waals surface area contributed by atoms with Crippen molar-refractivity contribution >= 4 is 17.3 Å². The highest BCUT2D eigenvalue weighted by Crippen LogP contribution is 2.25. The standard InChI is InChI=1S/C14H12N2O3/c1-9-3-2-4-10(7-9)15-16-11-5-6-13(17)12(8-11)14(18)19/h2-8,17H,1H3,(H,18,19). The van der Waals surface area contributed by atoms with Crippen molar-refractivity contribution in [3.63, 3.8) is 0 Å². The second-order valence-electron chi connectivity index (χ2n) is 4.05. The van der Waals surface area contributed by atoms with Gasteiger partial charge in [0.25, 0.3) is 0 Å². The van der Waals surface area contributed by atoms with Gasteiger partial charge in [-0.05, 0) is 42.8 Å². The molecule has 0 aromatic heterocycles. The number of aromatic hydroxyl groups is 1. The van der Waals surface area contributed by atoms with Gasteiger partial charge in [0.05, 0.1) is 11.4 Å². The van der Waals surface area contributed by atoms with E-state index >= 15 is 0 Å². The van der Waals surface area contributed by atoms with Crippen LogP contribution in [0.15, 0.2) is 52.7 Å². The fourth-order valence-corrected chi connectivity index (χ4v) is 1.56. The van der Waals surface area contributed by atoms with E-state index in [1.165, 1.54) is 18.2 Å². The Morgan fingerprint density at radius 2 is 1.74 bits per heavy atom. The number of hydrogen-bond donors (Lipinski definition) is 2. The molecule has 0 heterocycles. The summed E-state index contributed by atoms with van der Waals surface area (Å²) in [6, 6.07) is 11.5. The number of aromatic carboxylic acids is 1. The Morgan fingerprint density at radius 1 is 1.05 bits per heavy atom. The second-order valence-corrected chi connectivity index (χ2v) is 4.05. The van der Waals surface area contributed by atoms with Gasteiger partial charge in [-0.1, -0.05) is 12.1 Å². The number of rotatable bonds is 3. The molecule has 0 radical (unpaired) electrons. The molecule has 2 N–H and O–H groups in total. The molecular formula is C14H12N2O3. The van der Waals surface area contributed by atoms with Gasteiger partial charge in [-0.15, -0.1) is 0 Å². The number of carboxylic acid groups (broad SMARTS) is 1. The van der Waals surface area contributed by atoms with Crippen LogP contribution in [-0.2, 0) is 0 Å². The van der Waals surface area contributed by atoms with E-state index in [4.69, 9.17) is 5.11 Å². The minimum Gasteiger partial charge on any atom is -0.507 e. The Bertz CT molecular complexity index is 651. The molecule has 0 fully saturated rings. The van der Waals surface area contributed by atoms with Crippen LogP contribution in [-0.4, -0.2) is 16.2 Å². The van der Waals surface area contributed by atoms with Crippen LogP contribution >= 0.6 is 0 Å². The lowest BCUT2D eigenvalue weighted by molar-refractivity contribution is 0.0694. The van der Waals surface area contributed by atoms with Crippen molar-refractivity contribution in [1.29, 1.82) is 0 Å². The number of carbonyl (C=O) groups is 1. The molecule has 5 nitrogen and oxygen atoms in total. The molecule has 19 heavy (non-hydrogen) atoms. The summed E-state index contributed by atoms with van der Waals surface area (Å²) in [7, 11) is 0. The molecule has 0 amide bonds. The summed E-state index contributed by atoms with van der Waals surface area (Å²) in [5.41, 5.74) is 1.93. The first-order valence-corrected chi connectivity index (χ1v) is 5.61. The largest absolute Gasteiger partial charge is 0.507 e. The molecule has 2 aromatic carbocycles. The molecule has 0 saturated carbocycles. The van der Waals surface area contributed by atoms with Crippen molar-refractivity contribution in [3.8, 4) is 5.75 Å². The Kier molecular flexibility index (Phi) is 3.56. The summed E-state index contributed by atoms with van der Waals surface area (Å²) >= 11 is 0. The maximum atomic E-state index is 10.9. The van der Waals surface area contributed by atoms with Crippen molar-refractivity contribution in [1.82, 2.24) is 0 Å². The topological polar surface area (TPSA) is 82.2 Å². The molecular weight excluding hydrogens is 244 g/mol. The van der Waals surface area contributed by atoms with Gasteiger partial charge in [0.2, 0.25) is 0 Å². The molecule has 5 heteroatoms. The smallest absolute Gasteiger partial charge is 0.339 e. The van der Waals surface area contributed by atoms with E-state index in [0.717, 1.165) is 5.56 Å². The maximum Gasteiger partial charge on any atom is 0.339 e. The monoisotopic (exact) mass is 256 g/mol. The quantitative estimate of drug-likeness (QED) is 0.819. The average Bonchev–Trinajstić information content (AvgIpc) is 2.37. The van der Waals surface area contributed by atoms with Crippen LogP contribution in [0.3, 0.4) is 0 Å². The summed E-state index contributed by atoms with van der Waals surface area (Å²) in [6.07, 6.45) is 0. The van der Waals surface area contributed by atoms with Gasteiger partial charge < -0.3 is 10.2 Å². The molecule has 0 atom stereocenters. The first-order chi connectivity index (χ1) is 9.06. The van der Waals surface area contributed by atoms with Crippen LogP contribution in [0.2, 0.25) is 0 Å². The first-order valence-electron chi connectivity index (χ1n) is 5.61. The summed E-state index contributed by atoms with van der Waals surface area (Å²) in [6.45, 7) is 1.95. The maximum absolute atomic E-state index is 10.9. The number of benzene rings is 2. The Balaban J connectivity index is 2.29. The van der Waals surface area contributed by atoms with Gasteiger partial charge in [0.1, 0.15) is 11.3 Å². The second kappa shape index (κ2) is 5.30. The third kappa shape index (κ3) is 3.16. The van der Waals surface area contributed by atoms with Crippen LogP contribution < -0.4 is 0 Å². The average molecular weight is 256 g/mol. The third-order valence-electron chi connectivity index (χ3n) is 2.49. The minimum atomic E-state index is -1.20. The summed E-state index contributed by atoms with van der Waals surface area (Å²) in [5, 5.41) is 26.2. The van der Waals surface area contributed by atoms with E-state index in [-0.39, 0.29) is 11.3 Å². The zero-order valence-corrected chi connectivity index (χ0v) is 10.2. The molecule has 0 aliphatic rings. The molecule has 0 unspecified atom stereocenters. The summed E-state index contributed by atoms with van der Waals surface area (Å²) in [4.78, 5) is 10.9. The van der Waals surface area contributed by atoms with E-state index in [9.17, 15) is 9.90 Å². The molecule has 96 valence electrons. The fraction of sp³-hybridized carbons (Fsp3) is 0.0714. The zero-order valence-electron chi connectivity index (χ0n) is 10.2. The molecule has 0 aliphatic carbocycles. The van der Waals surface area contributed by atoms with E-state index in [0.29, 0.717) is 11.4 Å². The lowest BCUT2D eigenvalue weighted by atomic mass is 10.2. The molecule has 0 bridgehead atoms. The lowest BCUT2D eigenvalue weighted by Crippen LogP contribution is -1.95. The van der Waals surface area contributed by atoms with Gasteiger partial charge in [-0.3, -0.25) is 0 Å². The van der Waals surface area contributed by atoms with E-state index in [1.54, 1.807) is 6.07 Å². The summed E-state index contributed by atoms with van der Waals surface area (Å²) < 4.78 is 0. The number of phenols is 1. The number of azo groups is 1. The van der Waals surface area contributed by atoms with Crippen molar-refractivity contribution in [3.05, 3.63) is 53.6 Å². The van der Waals surface area contributed by atoms with Crippen molar-refractivity contribution in [2.75, 3.05) is 0 Å². The predicted molar refractivity (Wildman–Crippen MR) is 70.4 cm³/mol. The predicted octanol–water partition coefficient (Wildman–Crippen LogP) is 3.81. The van der Waals surface area contributed by atoms with Gasteiger partial charge >= 0.3 is 5.97 Å². The van der Waals surface area contributed by atoms with Crippen molar-refractivity contribution in [2.45, 2.75) is 6.92 Å². The fourth-order valence-electron chi connectivity index (χ4n) is 1.56. The first kappa shape index (κ1) is 12.8. The number of aryl methyl sites for hydroxylation is 1. The number of carboxylic acids is 1. The van der Waals surface area contributed by atoms with E-state index in [1.807, 2.05) is 25.1 Å². The van der Waals surface area contributed by atoms with E-state index < -0.39 is 5.97 Å². The van der Waals surface area contributed by atoms with Crippen LogP contribution in [0.5, 0.6) is 5.75 Å². The highest BCUT2D eigenvalue weighted by molar-refractivity contribution is 5.91. The van der Waals surface area contributed by atoms with Crippen molar-refractivity contribution in [2.24, 2.45) is 10.2 Å². The lowest BCUT2D eigenvalue weighted by Gasteiger charge is -2.00. The highest BCUT2D eigenvalue weighted by atomic mass is 16.4. The van der Waals surface area contributed by atoms with Crippen molar-refractivity contribution < 1.29 is 15.0 Å². The summed E-state index contributed by atoms with van der Waals surface area (Å²) in [5.74, 6) is -1.49. The van der Waals surface area contributed by atoms with Gasteiger partial charge in [-0.2, -0.15) is 10.2 Å². The van der Waals surface area contributed by atoms with Gasteiger partial charge in [0.15, 0.2) is 0 Å². The molecule has 0 spiro atoms. The third-order valence-corrected chi connectivity index (χ3v) is 2.49. The highest BCUT2D eigenvalue weighted by Gasteiger charge is 2.09. The number of hydrogen-bond acceptors (Lipinski definition) is 4. The van der Waals surface area contributed by atoms with Gasteiger partial charge in [0, 0.05) is 0 Å². The van der Waals surface area contributed by atoms with Crippen LogP contribution in [0.1, 0.15) is 15.9 Å². The molecule has 0 aliphatic heterocycles. The molecule has 2 rings (SSSR count). The number of nitrogens with zero attached hydrogens (tertiary/aromatic N) is 2. The van der Waals surface area contributed by atoms with E-state index in [2.05, 4.69) is 10.2 Å². The SMILES string of the molecule is Cc1cccc(N=Nc2ccc(O)c(C(=O)O)c2)c1.